The summed E-state index contributed by atoms with van der Waals surface area (Å²) < 4.78 is 0. The maximum atomic E-state index is 12.1. The van der Waals surface area contributed by atoms with Gasteiger partial charge in [0, 0.05) is 13.6 Å². The van der Waals surface area contributed by atoms with Crippen LogP contribution in [0.15, 0.2) is 12.7 Å². The number of rotatable bonds is 6. The third-order valence-corrected chi connectivity index (χ3v) is 3.64. The zero-order chi connectivity index (χ0) is 13.2. The van der Waals surface area contributed by atoms with Crippen LogP contribution < -0.4 is 0 Å². The maximum Gasteiger partial charge on any atom is 0.307 e. The standard InChI is InChI=1S/C13H21NO3/c1-5-6-7-8-14(4)11(15)9-10(12(16)17)13(9,2)3/h5,9-10H,1,6-8H2,2-4H3,(H,16,17)/t9-,10+/m1/s1. The minimum Gasteiger partial charge on any atom is -0.481 e. The molecule has 96 valence electrons. The molecule has 1 fully saturated rings. The van der Waals surface area contributed by atoms with Crippen LogP contribution in [0.2, 0.25) is 0 Å². The maximum absolute atomic E-state index is 12.1. The quantitative estimate of drug-likeness (QED) is 0.567. The van der Waals surface area contributed by atoms with Crippen molar-refractivity contribution in [2.75, 3.05) is 13.6 Å². The lowest BCUT2D eigenvalue weighted by molar-refractivity contribution is -0.141. The normalized spacial score (nSPS) is 25.1. The predicted octanol–water partition coefficient (Wildman–Crippen LogP) is 1.77. The first-order valence-electron chi connectivity index (χ1n) is 5.92. The van der Waals surface area contributed by atoms with Crippen molar-refractivity contribution in [2.24, 2.45) is 17.3 Å². The molecule has 0 aromatic heterocycles. The van der Waals surface area contributed by atoms with Crippen LogP contribution in [0.25, 0.3) is 0 Å². The van der Waals surface area contributed by atoms with Gasteiger partial charge in [-0.05, 0) is 18.3 Å². The molecule has 0 radical (unpaired) electrons. The second-order valence-corrected chi connectivity index (χ2v) is 5.31. The third kappa shape index (κ3) is 2.68. The van der Waals surface area contributed by atoms with E-state index in [2.05, 4.69) is 6.58 Å². The molecule has 1 aliphatic rings. The van der Waals surface area contributed by atoms with Gasteiger partial charge in [0.15, 0.2) is 0 Å². The fourth-order valence-corrected chi connectivity index (χ4v) is 2.38. The highest BCUT2D eigenvalue weighted by molar-refractivity contribution is 5.91. The van der Waals surface area contributed by atoms with E-state index in [0.717, 1.165) is 12.8 Å². The number of hydrogen-bond donors (Lipinski definition) is 1. The molecule has 1 rings (SSSR count). The highest BCUT2D eigenvalue weighted by atomic mass is 16.4. The second-order valence-electron chi connectivity index (χ2n) is 5.31. The van der Waals surface area contributed by atoms with E-state index < -0.39 is 17.3 Å². The number of aliphatic carboxylic acids is 1. The lowest BCUT2D eigenvalue weighted by Gasteiger charge is -2.17. The van der Waals surface area contributed by atoms with Gasteiger partial charge < -0.3 is 10.0 Å². The molecule has 1 saturated carbocycles. The monoisotopic (exact) mass is 239 g/mol. The van der Waals surface area contributed by atoms with Crippen LogP contribution in [0.4, 0.5) is 0 Å². The number of unbranched alkanes of at least 4 members (excludes halogenated alkanes) is 1. The average molecular weight is 239 g/mol. The van der Waals surface area contributed by atoms with Gasteiger partial charge >= 0.3 is 5.97 Å². The predicted molar refractivity (Wildman–Crippen MR) is 65.5 cm³/mol. The fourth-order valence-electron chi connectivity index (χ4n) is 2.38. The summed E-state index contributed by atoms with van der Waals surface area (Å²) in [5.74, 6) is -1.81. The van der Waals surface area contributed by atoms with Crippen molar-refractivity contribution in [1.82, 2.24) is 4.90 Å². The third-order valence-electron chi connectivity index (χ3n) is 3.64. The summed E-state index contributed by atoms with van der Waals surface area (Å²) in [6, 6.07) is 0. The molecule has 4 nitrogen and oxygen atoms in total. The van der Waals surface area contributed by atoms with Gasteiger partial charge in [0.1, 0.15) is 0 Å². The van der Waals surface area contributed by atoms with E-state index in [1.54, 1.807) is 11.9 Å². The molecule has 0 aromatic carbocycles. The van der Waals surface area contributed by atoms with Gasteiger partial charge in [-0.1, -0.05) is 19.9 Å². The smallest absolute Gasteiger partial charge is 0.307 e. The van der Waals surface area contributed by atoms with E-state index in [1.807, 2.05) is 19.9 Å². The Morgan fingerprint density at radius 1 is 1.41 bits per heavy atom. The number of carbonyl (C=O) groups is 2. The highest BCUT2D eigenvalue weighted by Gasteiger charge is 2.66. The van der Waals surface area contributed by atoms with E-state index >= 15 is 0 Å². The Labute approximate surface area is 102 Å². The molecule has 1 aliphatic carbocycles. The molecule has 2 atom stereocenters. The van der Waals surface area contributed by atoms with Crippen LogP contribution in [0.3, 0.4) is 0 Å². The molecule has 0 heterocycles. The molecular formula is C13H21NO3. The molecule has 17 heavy (non-hydrogen) atoms. The number of allylic oxidation sites excluding steroid dienone is 1. The highest BCUT2D eigenvalue weighted by Crippen LogP contribution is 2.58. The van der Waals surface area contributed by atoms with Crippen molar-refractivity contribution in [2.45, 2.75) is 26.7 Å². The minimum absolute atomic E-state index is 0.0496. The van der Waals surface area contributed by atoms with Crippen LogP contribution in [-0.2, 0) is 9.59 Å². The van der Waals surface area contributed by atoms with Gasteiger partial charge in [-0.2, -0.15) is 0 Å². The van der Waals surface area contributed by atoms with Crippen molar-refractivity contribution >= 4 is 11.9 Å². The van der Waals surface area contributed by atoms with Gasteiger partial charge in [0.2, 0.25) is 5.91 Å². The number of hydrogen-bond acceptors (Lipinski definition) is 2. The Hall–Kier alpha value is -1.32. The van der Waals surface area contributed by atoms with Crippen LogP contribution in [0, 0.1) is 17.3 Å². The van der Waals surface area contributed by atoms with Crippen molar-refractivity contribution < 1.29 is 14.7 Å². The number of carboxylic acid groups (broad SMARTS) is 1. The first-order chi connectivity index (χ1) is 7.84. The fraction of sp³-hybridized carbons (Fsp3) is 0.692. The Bertz CT molecular complexity index is 336. The molecule has 1 N–H and O–H groups in total. The van der Waals surface area contributed by atoms with Gasteiger partial charge in [0.05, 0.1) is 11.8 Å². The first kappa shape index (κ1) is 13.7. The summed E-state index contributed by atoms with van der Waals surface area (Å²) in [5, 5.41) is 9.02. The Morgan fingerprint density at radius 3 is 2.41 bits per heavy atom. The van der Waals surface area contributed by atoms with E-state index in [1.165, 1.54) is 0 Å². The number of carboxylic acids is 1. The lowest BCUT2D eigenvalue weighted by atomic mass is 10.1. The lowest BCUT2D eigenvalue weighted by Crippen LogP contribution is -2.30. The molecule has 4 heteroatoms. The van der Waals surface area contributed by atoms with Crippen LogP contribution in [-0.4, -0.2) is 35.5 Å². The van der Waals surface area contributed by atoms with Crippen LogP contribution in [0.5, 0.6) is 0 Å². The molecule has 0 aliphatic heterocycles. The van der Waals surface area contributed by atoms with Gasteiger partial charge in [-0.15, -0.1) is 6.58 Å². The summed E-state index contributed by atoms with van der Waals surface area (Å²) in [6.45, 7) is 7.96. The summed E-state index contributed by atoms with van der Waals surface area (Å²) in [6.07, 6.45) is 3.56. The summed E-state index contributed by atoms with van der Waals surface area (Å²) in [4.78, 5) is 24.7. The van der Waals surface area contributed by atoms with Crippen LogP contribution in [0.1, 0.15) is 26.7 Å². The minimum atomic E-state index is -0.868. The number of nitrogens with zero attached hydrogens (tertiary/aromatic N) is 1. The van der Waals surface area contributed by atoms with Crippen molar-refractivity contribution in [3.05, 3.63) is 12.7 Å². The van der Waals surface area contributed by atoms with Gasteiger partial charge in [-0.25, -0.2) is 0 Å². The first-order valence-corrected chi connectivity index (χ1v) is 5.92. The largest absolute Gasteiger partial charge is 0.481 e. The zero-order valence-electron chi connectivity index (χ0n) is 10.8. The Morgan fingerprint density at radius 2 is 2.00 bits per heavy atom. The zero-order valence-corrected chi connectivity index (χ0v) is 10.8. The van der Waals surface area contributed by atoms with E-state index in [9.17, 15) is 9.59 Å². The summed E-state index contributed by atoms with van der Waals surface area (Å²) in [7, 11) is 1.73. The van der Waals surface area contributed by atoms with E-state index in [4.69, 9.17) is 5.11 Å². The Kier molecular flexibility index (Phi) is 3.96. The van der Waals surface area contributed by atoms with Gasteiger partial charge in [-0.3, -0.25) is 9.59 Å². The van der Waals surface area contributed by atoms with E-state index in [0.29, 0.717) is 6.54 Å². The number of carbonyl (C=O) groups excluding carboxylic acids is 1. The second kappa shape index (κ2) is 4.90. The molecule has 0 bridgehead atoms. The van der Waals surface area contributed by atoms with Crippen molar-refractivity contribution in [3.8, 4) is 0 Å². The topological polar surface area (TPSA) is 57.6 Å². The molecule has 1 amide bonds. The van der Waals surface area contributed by atoms with Gasteiger partial charge in [0.25, 0.3) is 0 Å². The molecule has 0 spiro atoms. The molecule has 0 saturated heterocycles. The van der Waals surface area contributed by atoms with Crippen molar-refractivity contribution in [3.63, 3.8) is 0 Å². The average Bonchev–Trinajstić information content (AvgIpc) is 2.80. The molecular weight excluding hydrogens is 218 g/mol. The molecule has 0 unspecified atom stereocenters. The van der Waals surface area contributed by atoms with Crippen LogP contribution >= 0.6 is 0 Å². The Balaban J connectivity index is 2.54. The molecule has 0 aromatic rings. The van der Waals surface area contributed by atoms with Crippen molar-refractivity contribution in [1.29, 1.82) is 0 Å². The van der Waals surface area contributed by atoms with E-state index in [-0.39, 0.29) is 11.8 Å². The SMILES string of the molecule is C=CCCCN(C)C(=O)[C@H]1[C@@H](C(=O)O)C1(C)C. The number of amides is 1. The summed E-state index contributed by atoms with van der Waals surface area (Å²) in [5.41, 5.74) is -0.407. The summed E-state index contributed by atoms with van der Waals surface area (Å²) >= 11 is 0.